The van der Waals surface area contributed by atoms with Gasteiger partial charge in [-0.05, 0) is 26.5 Å². The normalized spacial score (nSPS) is 17.7. The number of hydrogen-bond acceptors (Lipinski definition) is 3. The molecular formula is C19H29N3O. The van der Waals surface area contributed by atoms with Crippen LogP contribution in [0.2, 0.25) is 0 Å². The van der Waals surface area contributed by atoms with Crippen LogP contribution in [0.15, 0.2) is 42.5 Å². The highest BCUT2D eigenvalue weighted by Crippen LogP contribution is 2.13. The molecule has 0 aromatic heterocycles. The Balaban J connectivity index is 2.04. The predicted octanol–water partition coefficient (Wildman–Crippen LogP) is 2.23. The molecule has 0 radical (unpaired) electrons. The fourth-order valence-electron chi connectivity index (χ4n) is 2.97. The van der Waals surface area contributed by atoms with Gasteiger partial charge in [-0.25, -0.2) is 0 Å². The molecule has 0 bridgehead atoms. The lowest BCUT2D eigenvalue weighted by Gasteiger charge is -2.37. The summed E-state index contributed by atoms with van der Waals surface area (Å²) in [4.78, 5) is 19.5. The highest BCUT2D eigenvalue weighted by Gasteiger charge is 2.28. The topological polar surface area (TPSA) is 26.8 Å². The first-order valence-corrected chi connectivity index (χ1v) is 8.37. The van der Waals surface area contributed by atoms with Gasteiger partial charge < -0.3 is 9.80 Å². The minimum atomic E-state index is -0.0771. The third kappa shape index (κ3) is 5.19. The molecule has 2 rings (SSSR count). The molecule has 23 heavy (non-hydrogen) atoms. The highest BCUT2D eigenvalue weighted by atomic mass is 16.2. The van der Waals surface area contributed by atoms with E-state index >= 15 is 0 Å². The lowest BCUT2D eigenvalue weighted by Crippen LogP contribution is -2.53. The van der Waals surface area contributed by atoms with Gasteiger partial charge in [-0.15, -0.1) is 0 Å². The Hall–Kier alpha value is -1.65. The maximum absolute atomic E-state index is 13.0. The zero-order valence-corrected chi connectivity index (χ0v) is 14.7. The number of nitrogens with zero attached hydrogens (tertiary/aromatic N) is 3. The number of piperazine rings is 1. The minimum Gasteiger partial charge on any atom is -0.333 e. The van der Waals surface area contributed by atoms with E-state index in [1.807, 2.05) is 36.9 Å². The molecule has 1 atom stereocenters. The van der Waals surface area contributed by atoms with Gasteiger partial charge in [0.2, 0.25) is 5.91 Å². The summed E-state index contributed by atoms with van der Waals surface area (Å²) < 4.78 is 0. The average Bonchev–Trinajstić information content (AvgIpc) is 2.54. The Morgan fingerprint density at radius 3 is 2.39 bits per heavy atom. The van der Waals surface area contributed by atoms with Gasteiger partial charge in [0.05, 0.1) is 6.04 Å². The maximum Gasteiger partial charge on any atom is 0.240 e. The number of carbonyl (C=O) groups is 1. The van der Waals surface area contributed by atoms with Crippen LogP contribution in [0.5, 0.6) is 0 Å². The van der Waals surface area contributed by atoms with Crippen LogP contribution in [0.25, 0.3) is 0 Å². The summed E-state index contributed by atoms with van der Waals surface area (Å²) in [6.07, 6.45) is 0. The second-order valence-electron chi connectivity index (χ2n) is 6.65. The molecule has 4 nitrogen and oxygen atoms in total. The molecule has 1 heterocycles. The van der Waals surface area contributed by atoms with Gasteiger partial charge in [-0.2, -0.15) is 0 Å². The van der Waals surface area contributed by atoms with Crippen molar-refractivity contribution in [1.29, 1.82) is 0 Å². The number of carbonyl (C=O) groups excluding carboxylic acids is 1. The van der Waals surface area contributed by atoms with Gasteiger partial charge in [0.1, 0.15) is 0 Å². The van der Waals surface area contributed by atoms with E-state index in [0.717, 1.165) is 37.3 Å². The van der Waals surface area contributed by atoms with Crippen LogP contribution in [0.3, 0.4) is 0 Å². The smallest absolute Gasteiger partial charge is 0.240 e. The molecule has 1 aliphatic rings. The van der Waals surface area contributed by atoms with E-state index in [4.69, 9.17) is 0 Å². The summed E-state index contributed by atoms with van der Waals surface area (Å²) in [6, 6.07) is 10.1. The zero-order valence-electron chi connectivity index (χ0n) is 14.7. The summed E-state index contributed by atoms with van der Waals surface area (Å²) >= 11 is 0. The van der Waals surface area contributed by atoms with Crippen LogP contribution in [0.1, 0.15) is 19.4 Å². The molecule has 4 heteroatoms. The maximum atomic E-state index is 13.0. The Bertz CT molecular complexity index is 521. The average molecular weight is 315 g/mol. The fraction of sp³-hybridized carbons (Fsp3) is 0.526. The van der Waals surface area contributed by atoms with E-state index in [2.05, 4.69) is 35.6 Å². The Labute approximate surface area is 140 Å². The molecular weight excluding hydrogens is 286 g/mol. The van der Waals surface area contributed by atoms with E-state index in [1.165, 1.54) is 0 Å². The van der Waals surface area contributed by atoms with Crippen molar-refractivity contribution in [1.82, 2.24) is 14.7 Å². The molecule has 1 fully saturated rings. The standard InChI is InChI=1S/C19H29N3O/c1-16(2)14-22(15-18-8-6-5-7-9-18)19(23)17(3)21-12-10-20(4)11-13-21/h5-9,17H,1,10-15H2,2-4H3/t17-/m1/s1. The highest BCUT2D eigenvalue weighted by molar-refractivity contribution is 5.81. The first kappa shape index (κ1) is 17.7. The van der Waals surface area contributed by atoms with Crippen molar-refractivity contribution in [2.75, 3.05) is 39.8 Å². The zero-order chi connectivity index (χ0) is 16.8. The van der Waals surface area contributed by atoms with Crippen molar-refractivity contribution in [3.05, 3.63) is 48.0 Å². The lowest BCUT2D eigenvalue weighted by atomic mass is 10.1. The summed E-state index contributed by atoms with van der Waals surface area (Å²) in [5.41, 5.74) is 2.17. The number of likely N-dealkylation sites (N-methyl/N-ethyl adjacent to an activating group) is 1. The van der Waals surface area contributed by atoms with Crippen LogP contribution in [-0.4, -0.2) is 66.4 Å². The van der Waals surface area contributed by atoms with Crippen molar-refractivity contribution in [3.63, 3.8) is 0 Å². The summed E-state index contributed by atoms with van der Waals surface area (Å²) in [5.74, 6) is 0.196. The van der Waals surface area contributed by atoms with E-state index in [0.29, 0.717) is 13.1 Å². The van der Waals surface area contributed by atoms with Crippen LogP contribution < -0.4 is 0 Å². The second-order valence-corrected chi connectivity index (χ2v) is 6.65. The number of hydrogen-bond donors (Lipinski definition) is 0. The molecule has 0 unspecified atom stereocenters. The minimum absolute atomic E-state index is 0.0771. The van der Waals surface area contributed by atoms with E-state index in [1.54, 1.807) is 0 Å². The van der Waals surface area contributed by atoms with Gasteiger partial charge in [0, 0.05) is 39.3 Å². The van der Waals surface area contributed by atoms with Gasteiger partial charge >= 0.3 is 0 Å². The largest absolute Gasteiger partial charge is 0.333 e. The van der Waals surface area contributed by atoms with Gasteiger partial charge in [0.15, 0.2) is 0 Å². The SMILES string of the molecule is C=C(C)CN(Cc1ccccc1)C(=O)[C@@H](C)N1CCN(C)CC1. The molecule has 126 valence electrons. The van der Waals surface area contributed by atoms with Crippen molar-refractivity contribution in [2.45, 2.75) is 26.4 Å². The molecule has 0 aliphatic carbocycles. The summed E-state index contributed by atoms with van der Waals surface area (Å²) in [5, 5.41) is 0. The molecule has 1 aromatic carbocycles. The Morgan fingerprint density at radius 1 is 1.22 bits per heavy atom. The van der Waals surface area contributed by atoms with Gasteiger partial charge in [0.25, 0.3) is 0 Å². The van der Waals surface area contributed by atoms with E-state index < -0.39 is 0 Å². The summed E-state index contributed by atoms with van der Waals surface area (Å²) in [6.45, 7) is 13.2. The first-order valence-electron chi connectivity index (χ1n) is 8.37. The number of amides is 1. The van der Waals surface area contributed by atoms with Crippen LogP contribution >= 0.6 is 0 Å². The second kappa shape index (κ2) is 8.27. The van der Waals surface area contributed by atoms with Crippen molar-refractivity contribution >= 4 is 5.91 Å². The molecule has 1 amide bonds. The van der Waals surface area contributed by atoms with E-state index in [-0.39, 0.29) is 11.9 Å². The third-order valence-electron chi connectivity index (χ3n) is 4.43. The van der Waals surface area contributed by atoms with Crippen molar-refractivity contribution < 1.29 is 4.79 Å². The number of benzene rings is 1. The predicted molar refractivity (Wildman–Crippen MR) is 95.2 cm³/mol. The van der Waals surface area contributed by atoms with Crippen LogP contribution in [-0.2, 0) is 11.3 Å². The van der Waals surface area contributed by atoms with E-state index in [9.17, 15) is 4.79 Å². The van der Waals surface area contributed by atoms with Gasteiger partial charge in [-0.1, -0.05) is 42.5 Å². The monoisotopic (exact) mass is 315 g/mol. The summed E-state index contributed by atoms with van der Waals surface area (Å²) in [7, 11) is 2.13. The molecule has 1 aromatic rings. The molecule has 1 saturated heterocycles. The third-order valence-corrected chi connectivity index (χ3v) is 4.43. The Kier molecular flexibility index (Phi) is 6.37. The van der Waals surface area contributed by atoms with Crippen LogP contribution in [0, 0.1) is 0 Å². The van der Waals surface area contributed by atoms with Crippen molar-refractivity contribution in [3.8, 4) is 0 Å². The van der Waals surface area contributed by atoms with Crippen molar-refractivity contribution in [2.24, 2.45) is 0 Å². The molecule has 0 spiro atoms. The quantitative estimate of drug-likeness (QED) is 0.753. The number of rotatable bonds is 6. The van der Waals surface area contributed by atoms with Gasteiger partial charge in [-0.3, -0.25) is 9.69 Å². The first-order chi connectivity index (χ1) is 11.0. The molecule has 0 N–H and O–H groups in total. The lowest BCUT2D eigenvalue weighted by molar-refractivity contribution is -0.137. The van der Waals surface area contributed by atoms with Crippen LogP contribution in [0.4, 0.5) is 0 Å². The molecule has 0 saturated carbocycles. The molecule has 1 aliphatic heterocycles. The fourth-order valence-corrected chi connectivity index (χ4v) is 2.97. The Morgan fingerprint density at radius 2 is 1.83 bits per heavy atom.